The van der Waals surface area contributed by atoms with Gasteiger partial charge < -0.3 is 0 Å². The Kier molecular flexibility index (Phi) is 3.66. The molecular formula is C11H15BrN2OS. The molecule has 0 aliphatic heterocycles. The fourth-order valence-corrected chi connectivity index (χ4v) is 4.13. The minimum Gasteiger partial charge on any atom is -0.293 e. The summed E-state index contributed by atoms with van der Waals surface area (Å²) in [5.41, 5.74) is 1.95. The first kappa shape index (κ1) is 12.1. The van der Waals surface area contributed by atoms with Gasteiger partial charge in [-0.15, -0.1) is 11.3 Å². The van der Waals surface area contributed by atoms with E-state index in [1.54, 1.807) is 11.3 Å². The highest BCUT2D eigenvalue weighted by Crippen LogP contribution is 2.43. The number of hydrogen-bond acceptors (Lipinski definition) is 3. The number of amides is 1. The van der Waals surface area contributed by atoms with E-state index < -0.39 is 0 Å². The normalized spacial score (nSPS) is 19.4. The standard InChI is InChI=1S/C11H15BrN2OS/c12-8-6-9(16-7-8)11(10(15)14-13)4-2-1-3-5-11/h6-7H,1-5,13H2,(H,14,15). The van der Waals surface area contributed by atoms with Gasteiger partial charge in [-0.2, -0.15) is 0 Å². The summed E-state index contributed by atoms with van der Waals surface area (Å²) in [5, 5.41) is 2.02. The summed E-state index contributed by atoms with van der Waals surface area (Å²) in [6, 6.07) is 2.05. The number of hydrazine groups is 1. The second-order valence-electron chi connectivity index (χ2n) is 4.25. The molecule has 16 heavy (non-hydrogen) atoms. The molecule has 0 unspecified atom stereocenters. The highest BCUT2D eigenvalue weighted by Gasteiger charge is 2.41. The number of hydrogen-bond donors (Lipinski definition) is 2. The summed E-state index contributed by atoms with van der Waals surface area (Å²) in [4.78, 5) is 13.2. The Labute approximate surface area is 108 Å². The van der Waals surface area contributed by atoms with Gasteiger partial charge in [0.25, 0.3) is 0 Å². The van der Waals surface area contributed by atoms with Gasteiger partial charge in [-0.1, -0.05) is 19.3 Å². The molecule has 1 aliphatic rings. The predicted octanol–water partition coefficient (Wildman–Crippen LogP) is 2.70. The Morgan fingerprint density at radius 1 is 1.44 bits per heavy atom. The third-order valence-electron chi connectivity index (χ3n) is 3.31. The lowest BCUT2D eigenvalue weighted by atomic mass is 9.72. The van der Waals surface area contributed by atoms with Crippen LogP contribution in [0.15, 0.2) is 15.9 Å². The maximum atomic E-state index is 12.1. The first-order valence-corrected chi connectivity index (χ1v) is 7.12. The monoisotopic (exact) mass is 302 g/mol. The van der Waals surface area contributed by atoms with Gasteiger partial charge in [0.1, 0.15) is 0 Å². The molecule has 0 atom stereocenters. The average molecular weight is 303 g/mol. The van der Waals surface area contributed by atoms with Crippen molar-refractivity contribution in [2.45, 2.75) is 37.5 Å². The van der Waals surface area contributed by atoms with Gasteiger partial charge in [0.05, 0.1) is 5.41 Å². The molecule has 5 heteroatoms. The topological polar surface area (TPSA) is 55.1 Å². The van der Waals surface area contributed by atoms with Gasteiger partial charge in [0, 0.05) is 14.7 Å². The maximum Gasteiger partial charge on any atom is 0.245 e. The number of carbonyl (C=O) groups is 1. The lowest BCUT2D eigenvalue weighted by Gasteiger charge is -2.34. The minimum absolute atomic E-state index is 0.0402. The molecule has 0 saturated heterocycles. The van der Waals surface area contributed by atoms with Crippen molar-refractivity contribution in [3.8, 4) is 0 Å². The van der Waals surface area contributed by atoms with E-state index in [4.69, 9.17) is 5.84 Å². The first-order valence-electron chi connectivity index (χ1n) is 5.44. The van der Waals surface area contributed by atoms with Gasteiger partial charge in [-0.3, -0.25) is 10.2 Å². The highest BCUT2D eigenvalue weighted by molar-refractivity contribution is 9.10. The van der Waals surface area contributed by atoms with E-state index in [-0.39, 0.29) is 11.3 Å². The molecule has 3 nitrogen and oxygen atoms in total. The van der Waals surface area contributed by atoms with E-state index in [0.717, 1.165) is 35.0 Å². The van der Waals surface area contributed by atoms with Crippen LogP contribution in [0.1, 0.15) is 37.0 Å². The van der Waals surface area contributed by atoms with Crippen molar-refractivity contribution in [3.63, 3.8) is 0 Å². The van der Waals surface area contributed by atoms with Gasteiger partial charge in [0.15, 0.2) is 0 Å². The largest absolute Gasteiger partial charge is 0.293 e. The van der Waals surface area contributed by atoms with Crippen LogP contribution in [0.5, 0.6) is 0 Å². The van der Waals surface area contributed by atoms with Crippen molar-refractivity contribution < 1.29 is 4.79 Å². The molecule has 2 rings (SSSR count). The Bertz CT molecular complexity index is 385. The Morgan fingerprint density at radius 3 is 2.62 bits per heavy atom. The molecule has 0 radical (unpaired) electrons. The number of halogens is 1. The summed E-state index contributed by atoms with van der Waals surface area (Å²) in [5.74, 6) is 5.29. The lowest BCUT2D eigenvalue weighted by molar-refractivity contribution is -0.128. The molecule has 0 aromatic carbocycles. The van der Waals surface area contributed by atoms with E-state index in [0.29, 0.717) is 0 Å². The van der Waals surface area contributed by atoms with Crippen molar-refractivity contribution in [1.82, 2.24) is 5.43 Å². The summed E-state index contributed by atoms with van der Waals surface area (Å²) >= 11 is 5.08. The Balaban J connectivity index is 2.37. The van der Waals surface area contributed by atoms with Crippen LogP contribution in [-0.4, -0.2) is 5.91 Å². The second-order valence-corrected chi connectivity index (χ2v) is 6.07. The van der Waals surface area contributed by atoms with Crippen molar-refractivity contribution >= 4 is 33.2 Å². The smallest absolute Gasteiger partial charge is 0.245 e. The number of nitrogens with two attached hydrogens (primary N) is 1. The van der Waals surface area contributed by atoms with Crippen LogP contribution < -0.4 is 11.3 Å². The van der Waals surface area contributed by atoms with Gasteiger partial charge in [0.2, 0.25) is 5.91 Å². The Hall–Kier alpha value is -0.390. The Morgan fingerprint density at radius 2 is 2.12 bits per heavy atom. The third kappa shape index (κ3) is 2.04. The van der Waals surface area contributed by atoms with Crippen LogP contribution in [0, 0.1) is 0 Å². The SMILES string of the molecule is NNC(=O)C1(c2cc(Br)cs2)CCCCC1. The lowest BCUT2D eigenvalue weighted by Crippen LogP contribution is -2.48. The second kappa shape index (κ2) is 4.85. The van der Waals surface area contributed by atoms with Crippen LogP contribution in [0.2, 0.25) is 0 Å². The summed E-state index contributed by atoms with van der Waals surface area (Å²) in [7, 11) is 0. The zero-order valence-electron chi connectivity index (χ0n) is 8.96. The van der Waals surface area contributed by atoms with Crippen molar-refractivity contribution in [1.29, 1.82) is 0 Å². The predicted molar refractivity (Wildman–Crippen MR) is 69.1 cm³/mol. The number of rotatable bonds is 2. The fourth-order valence-electron chi connectivity index (χ4n) is 2.44. The van der Waals surface area contributed by atoms with Crippen molar-refractivity contribution in [3.05, 3.63) is 20.8 Å². The zero-order valence-corrected chi connectivity index (χ0v) is 11.4. The molecule has 0 spiro atoms. The average Bonchev–Trinajstić information content (AvgIpc) is 2.76. The van der Waals surface area contributed by atoms with E-state index in [1.807, 2.05) is 11.4 Å². The molecular weight excluding hydrogens is 288 g/mol. The quantitative estimate of drug-likeness (QED) is 0.501. The maximum absolute atomic E-state index is 12.1. The van der Waals surface area contributed by atoms with Crippen LogP contribution in [-0.2, 0) is 10.2 Å². The molecule has 0 bridgehead atoms. The fraction of sp³-hybridized carbons (Fsp3) is 0.545. The van der Waals surface area contributed by atoms with Gasteiger partial charge >= 0.3 is 0 Å². The summed E-state index contributed by atoms with van der Waals surface area (Å²) in [6.07, 6.45) is 5.23. The van der Waals surface area contributed by atoms with Gasteiger partial charge in [-0.25, -0.2) is 5.84 Å². The number of nitrogens with one attached hydrogen (secondary N) is 1. The first-order chi connectivity index (χ1) is 7.69. The molecule has 1 aromatic rings. The van der Waals surface area contributed by atoms with E-state index >= 15 is 0 Å². The van der Waals surface area contributed by atoms with Crippen LogP contribution in [0.3, 0.4) is 0 Å². The highest BCUT2D eigenvalue weighted by atomic mass is 79.9. The molecule has 1 fully saturated rings. The van der Waals surface area contributed by atoms with E-state index in [1.165, 1.54) is 6.42 Å². The molecule has 1 aliphatic carbocycles. The third-order valence-corrected chi connectivity index (χ3v) is 5.21. The van der Waals surface area contributed by atoms with Crippen LogP contribution in [0.25, 0.3) is 0 Å². The van der Waals surface area contributed by atoms with E-state index in [2.05, 4.69) is 21.4 Å². The summed E-state index contributed by atoms with van der Waals surface area (Å²) in [6.45, 7) is 0. The van der Waals surface area contributed by atoms with Crippen LogP contribution >= 0.6 is 27.3 Å². The molecule has 1 amide bonds. The number of thiophene rings is 1. The molecule has 3 N–H and O–H groups in total. The zero-order chi connectivity index (χ0) is 11.6. The van der Waals surface area contributed by atoms with Crippen molar-refractivity contribution in [2.75, 3.05) is 0 Å². The molecule has 88 valence electrons. The van der Waals surface area contributed by atoms with Crippen LogP contribution in [0.4, 0.5) is 0 Å². The van der Waals surface area contributed by atoms with Gasteiger partial charge in [-0.05, 0) is 34.8 Å². The van der Waals surface area contributed by atoms with Crippen molar-refractivity contribution in [2.24, 2.45) is 5.84 Å². The summed E-state index contributed by atoms with van der Waals surface area (Å²) < 4.78 is 1.04. The molecule has 1 heterocycles. The minimum atomic E-state index is -0.385. The number of carbonyl (C=O) groups excluding carboxylic acids is 1. The molecule has 1 saturated carbocycles. The van der Waals surface area contributed by atoms with E-state index in [9.17, 15) is 4.79 Å². The molecule has 1 aromatic heterocycles.